The van der Waals surface area contributed by atoms with Gasteiger partial charge in [0.15, 0.2) is 0 Å². The van der Waals surface area contributed by atoms with E-state index in [1.54, 1.807) is 41.3 Å². The van der Waals surface area contributed by atoms with Crippen LogP contribution in [0.25, 0.3) is 0 Å². The van der Waals surface area contributed by atoms with E-state index in [2.05, 4.69) is 5.32 Å². The van der Waals surface area contributed by atoms with Gasteiger partial charge in [-0.1, -0.05) is 65.7 Å². The molecule has 8 heteroatoms. The molecule has 2 fully saturated rings. The van der Waals surface area contributed by atoms with Gasteiger partial charge in [0.25, 0.3) is 5.91 Å². The van der Waals surface area contributed by atoms with Crippen molar-refractivity contribution in [3.05, 3.63) is 94.0 Å². The summed E-state index contributed by atoms with van der Waals surface area (Å²) in [6, 6.07) is 21.2. The van der Waals surface area contributed by atoms with Gasteiger partial charge in [-0.2, -0.15) is 0 Å². The minimum absolute atomic E-state index is 0.250. The Bertz CT molecular complexity index is 1400. The Morgan fingerprint density at radius 2 is 1.60 bits per heavy atom. The second-order valence-corrected chi connectivity index (χ2v) is 10.1. The zero-order valence-corrected chi connectivity index (χ0v) is 20.3. The Labute approximate surface area is 212 Å². The molecule has 0 saturated carbocycles. The van der Waals surface area contributed by atoms with Gasteiger partial charge in [-0.15, -0.1) is 0 Å². The molecule has 3 aromatic carbocycles. The lowest BCUT2D eigenvalue weighted by Gasteiger charge is -2.30. The third-order valence-corrected chi connectivity index (χ3v) is 8.09. The lowest BCUT2D eigenvalue weighted by atomic mass is 9.76. The number of halogens is 2. The average molecular weight is 506 g/mol. The number of anilines is 2. The number of rotatable bonds is 3. The Balaban J connectivity index is 1.46. The summed E-state index contributed by atoms with van der Waals surface area (Å²) in [4.78, 5) is 44.5. The molecule has 0 radical (unpaired) electrons. The van der Waals surface area contributed by atoms with Crippen LogP contribution in [0.1, 0.15) is 18.1 Å². The van der Waals surface area contributed by atoms with Crippen LogP contribution >= 0.6 is 23.2 Å². The maximum Gasteiger partial charge on any atom is 0.253 e. The molecule has 0 bridgehead atoms. The second-order valence-electron chi connectivity index (χ2n) is 9.25. The summed E-state index contributed by atoms with van der Waals surface area (Å²) < 4.78 is 0. The van der Waals surface area contributed by atoms with Gasteiger partial charge in [-0.05, 0) is 42.8 Å². The highest BCUT2D eigenvalue weighted by Crippen LogP contribution is 2.55. The molecule has 3 aromatic rings. The van der Waals surface area contributed by atoms with Crippen molar-refractivity contribution in [1.82, 2.24) is 5.32 Å². The van der Waals surface area contributed by atoms with Crippen LogP contribution in [-0.2, 0) is 26.5 Å². The number of amides is 3. The third kappa shape index (κ3) is 3.03. The second kappa shape index (κ2) is 7.92. The van der Waals surface area contributed by atoms with Gasteiger partial charge in [0, 0.05) is 17.3 Å². The van der Waals surface area contributed by atoms with Gasteiger partial charge in [0.2, 0.25) is 11.8 Å². The molecule has 6 rings (SSSR count). The van der Waals surface area contributed by atoms with E-state index < -0.39 is 17.4 Å². The quantitative estimate of drug-likeness (QED) is 0.530. The van der Waals surface area contributed by atoms with Gasteiger partial charge in [-0.3, -0.25) is 19.7 Å². The van der Waals surface area contributed by atoms with Crippen molar-refractivity contribution in [2.24, 2.45) is 11.8 Å². The number of imide groups is 1. The Morgan fingerprint density at radius 3 is 2.34 bits per heavy atom. The first kappa shape index (κ1) is 22.3. The predicted octanol–water partition coefficient (Wildman–Crippen LogP) is 4.53. The molecule has 35 heavy (non-hydrogen) atoms. The van der Waals surface area contributed by atoms with Crippen molar-refractivity contribution in [2.75, 3.05) is 9.80 Å². The van der Waals surface area contributed by atoms with E-state index in [0.717, 1.165) is 5.56 Å². The van der Waals surface area contributed by atoms with Crippen LogP contribution < -0.4 is 15.1 Å². The van der Waals surface area contributed by atoms with Crippen molar-refractivity contribution >= 4 is 52.3 Å². The summed E-state index contributed by atoms with van der Waals surface area (Å²) in [5.74, 6) is -2.39. The van der Waals surface area contributed by atoms with Crippen LogP contribution in [0.3, 0.4) is 0 Å². The molecule has 1 N–H and O–H groups in total. The van der Waals surface area contributed by atoms with Crippen LogP contribution in [-0.4, -0.2) is 23.8 Å². The normalized spacial score (nSPS) is 27.2. The van der Waals surface area contributed by atoms with Gasteiger partial charge >= 0.3 is 0 Å². The standard InChI is InChI=1S/C27H21Cl2N3O3/c1-15-22-23(25(34)32(24(22)33)17-7-3-2-4-8-17)27(30-15)18-9-5-6-10-21(18)31(26(27)35)14-16-11-12-19(28)20(29)13-16/h2-13,15,22-23,30H,14H2,1H3/t15-,22+,23+,27+/m1/s1. The summed E-state index contributed by atoms with van der Waals surface area (Å²) in [6.45, 7) is 2.12. The van der Waals surface area contributed by atoms with E-state index >= 15 is 0 Å². The molecule has 3 heterocycles. The molecule has 0 aliphatic carbocycles. The lowest BCUT2D eigenvalue weighted by Crippen LogP contribution is -2.54. The fourth-order valence-electron chi connectivity index (χ4n) is 5.92. The fraction of sp³-hybridized carbons (Fsp3) is 0.222. The summed E-state index contributed by atoms with van der Waals surface area (Å²) in [7, 11) is 0. The van der Waals surface area contributed by atoms with Crippen molar-refractivity contribution < 1.29 is 14.4 Å². The van der Waals surface area contributed by atoms with E-state index in [1.165, 1.54) is 4.90 Å². The average Bonchev–Trinajstić information content (AvgIpc) is 3.40. The monoisotopic (exact) mass is 505 g/mol. The highest BCUT2D eigenvalue weighted by atomic mass is 35.5. The first-order valence-corrected chi connectivity index (χ1v) is 12.2. The Kier molecular flexibility index (Phi) is 5.04. The van der Waals surface area contributed by atoms with E-state index in [-0.39, 0.29) is 30.3 Å². The summed E-state index contributed by atoms with van der Waals surface area (Å²) in [6.07, 6.45) is 0. The van der Waals surface area contributed by atoms with Crippen LogP contribution in [0.5, 0.6) is 0 Å². The minimum Gasteiger partial charge on any atom is -0.306 e. The number of fused-ring (bicyclic) bond motifs is 4. The van der Waals surface area contributed by atoms with Crippen LogP contribution in [0, 0.1) is 11.8 Å². The molecule has 6 nitrogen and oxygen atoms in total. The topological polar surface area (TPSA) is 69.7 Å². The zero-order valence-electron chi connectivity index (χ0n) is 18.7. The highest BCUT2D eigenvalue weighted by Gasteiger charge is 2.71. The van der Waals surface area contributed by atoms with Gasteiger partial charge < -0.3 is 4.90 Å². The van der Waals surface area contributed by atoms with Crippen molar-refractivity contribution in [3.63, 3.8) is 0 Å². The van der Waals surface area contributed by atoms with E-state index in [4.69, 9.17) is 23.2 Å². The number of benzene rings is 3. The van der Waals surface area contributed by atoms with E-state index in [0.29, 0.717) is 27.0 Å². The predicted molar refractivity (Wildman–Crippen MR) is 134 cm³/mol. The molecule has 0 aromatic heterocycles. The third-order valence-electron chi connectivity index (χ3n) is 7.35. The van der Waals surface area contributed by atoms with Crippen molar-refractivity contribution in [2.45, 2.75) is 25.0 Å². The number of para-hydroxylation sites is 2. The van der Waals surface area contributed by atoms with Gasteiger partial charge in [0.1, 0.15) is 5.54 Å². The molecular formula is C27H21Cl2N3O3. The first-order valence-electron chi connectivity index (χ1n) is 11.4. The molecule has 2 saturated heterocycles. The number of hydrogen-bond acceptors (Lipinski definition) is 4. The van der Waals surface area contributed by atoms with Gasteiger partial charge in [0.05, 0.1) is 34.1 Å². The molecular weight excluding hydrogens is 485 g/mol. The van der Waals surface area contributed by atoms with E-state index in [9.17, 15) is 14.4 Å². The summed E-state index contributed by atoms with van der Waals surface area (Å²) in [5.41, 5.74) is 1.42. The molecule has 3 aliphatic rings. The van der Waals surface area contributed by atoms with Crippen LogP contribution in [0.4, 0.5) is 11.4 Å². The summed E-state index contributed by atoms with van der Waals surface area (Å²) >= 11 is 12.3. The van der Waals surface area contributed by atoms with Crippen molar-refractivity contribution in [3.8, 4) is 0 Å². The fourth-order valence-corrected chi connectivity index (χ4v) is 6.24. The molecule has 4 atom stereocenters. The zero-order chi connectivity index (χ0) is 24.5. The summed E-state index contributed by atoms with van der Waals surface area (Å²) in [5, 5.41) is 4.24. The number of hydrogen-bond donors (Lipinski definition) is 1. The Morgan fingerprint density at radius 1 is 0.886 bits per heavy atom. The smallest absolute Gasteiger partial charge is 0.253 e. The molecule has 0 unspecified atom stereocenters. The number of nitrogens with zero attached hydrogens (tertiary/aromatic N) is 2. The first-order chi connectivity index (χ1) is 16.8. The maximum atomic E-state index is 14.2. The van der Waals surface area contributed by atoms with Crippen molar-refractivity contribution in [1.29, 1.82) is 0 Å². The number of carbonyl (C=O) groups is 3. The SMILES string of the molecule is C[C@H]1N[C@]2(C(=O)N(Cc3ccc(Cl)c(Cl)c3)c3ccccc32)[C@@H]2C(=O)N(c3ccccc3)C(=O)[C@H]21. The molecule has 1 spiro atoms. The maximum absolute atomic E-state index is 14.2. The van der Waals surface area contributed by atoms with Crippen LogP contribution in [0.15, 0.2) is 72.8 Å². The van der Waals surface area contributed by atoms with Crippen LogP contribution in [0.2, 0.25) is 10.0 Å². The molecule has 3 aliphatic heterocycles. The van der Waals surface area contributed by atoms with E-state index in [1.807, 2.05) is 43.3 Å². The number of nitrogens with one attached hydrogen (secondary N) is 1. The highest BCUT2D eigenvalue weighted by molar-refractivity contribution is 6.42. The Hall–Kier alpha value is -3.19. The number of carbonyl (C=O) groups excluding carboxylic acids is 3. The lowest BCUT2D eigenvalue weighted by molar-refractivity contribution is -0.132. The minimum atomic E-state index is -1.33. The largest absolute Gasteiger partial charge is 0.306 e. The molecule has 3 amide bonds. The van der Waals surface area contributed by atoms with Gasteiger partial charge in [-0.25, -0.2) is 4.90 Å². The molecule has 176 valence electrons.